The predicted molar refractivity (Wildman–Crippen MR) is 75.0 cm³/mol. The van der Waals surface area contributed by atoms with Gasteiger partial charge < -0.3 is 5.73 Å². The highest BCUT2D eigenvalue weighted by molar-refractivity contribution is 7.92. The first-order valence-electron chi connectivity index (χ1n) is 5.43. The summed E-state index contributed by atoms with van der Waals surface area (Å²) in [6.45, 7) is 0. The third kappa shape index (κ3) is 3.25. The van der Waals surface area contributed by atoms with Gasteiger partial charge in [0.1, 0.15) is 10.0 Å². The van der Waals surface area contributed by atoms with Crippen molar-refractivity contribution in [3.63, 3.8) is 0 Å². The fraction of sp³-hybridized carbons (Fsp3) is 0. The number of carbonyl (C=O) groups excluding carboxylic acids is 1. The summed E-state index contributed by atoms with van der Waals surface area (Å²) >= 11 is 5.60. The molecule has 0 spiro atoms. The summed E-state index contributed by atoms with van der Waals surface area (Å²) in [5, 5.41) is 0.203. The van der Waals surface area contributed by atoms with Crippen molar-refractivity contribution in [1.82, 2.24) is 4.98 Å². The van der Waals surface area contributed by atoms with Crippen LogP contribution in [0.3, 0.4) is 0 Å². The smallest absolute Gasteiger partial charge is 0.263 e. The van der Waals surface area contributed by atoms with Gasteiger partial charge in [-0.1, -0.05) is 11.6 Å². The highest BCUT2D eigenvalue weighted by Crippen LogP contribution is 2.17. The number of pyridine rings is 1. The van der Waals surface area contributed by atoms with Crippen LogP contribution >= 0.6 is 11.6 Å². The number of sulfonamides is 1. The number of nitrogens with zero attached hydrogens (tertiary/aromatic N) is 1. The maximum Gasteiger partial charge on any atom is 0.263 e. The molecule has 0 bridgehead atoms. The van der Waals surface area contributed by atoms with Gasteiger partial charge in [0.25, 0.3) is 10.0 Å². The predicted octanol–water partition coefficient (Wildman–Crippen LogP) is 1.63. The summed E-state index contributed by atoms with van der Waals surface area (Å²) in [5.74, 6) is -0.582. The van der Waals surface area contributed by atoms with Crippen molar-refractivity contribution in [3.8, 4) is 0 Å². The molecule has 2 aromatic rings. The standard InChI is InChI=1S/C12H10ClN3O3S/c13-11-6-5-10(7-15-11)20(18,19)16-9-3-1-8(2-4-9)12(14)17/h1-7,16H,(H2,14,17). The van der Waals surface area contributed by atoms with Crippen LogP contribution in [0.1, 0.15) is 10.4 Å². The van der Waals surface area contributed by atoms with Gasteiger partial charge in [0.15, 0.2) is 0 Å². The van der Waals surface area contributed by atoms with E-state index in [1.165, 1.54) is 36.4 Å². The number of hydrogen-bond acceptors (Lipinski definition) is 4. The fourth-order valence-electron chi connectivity index (χ4n) is 1.44. The Kier molecular flexibility index (Phi) is 3.91. The topological polar surface area (TPSA) is 102 Å². The molecule has 0 saturated carbocycles. The molecule has 1 aromatic carbocycles. The van der Waals surface area contributed by atoms with Crippen LogP contribution in [0.15, 0.2) is 47.5 Å². The maximum absolute atomic E-state index is 12.0. The number of hydrogen-bond donors (Lipinski definition) is 2. The first-order valence-corrected chi connectivity index (χ1v) is 7.29. The maximum atomic E-state index is 12.0. The summed E-state index contributed by atoms with van der Waals surface area (Å²) in [6.07, 6.45) is 1.16. The van der Waals surface area contributed by atoms with Gasteiger partial charge in [0.2, 0.25) is 5.91 Å². The lowest BCUT2D eigenvalue weighted by atomic mass is 10.2. The molecule has 104 valence electrons. The molecule has 0 unspecified atom stereocenters. The number of nitrogens with one attached hydrogen (secondary N) is 1. The lowest BCUT2D eigenvalue weighted by Gasteiger charge is -2.08. The van der Waals surface area contributed by atoms with Crippen molar-refractivity contribution in [2.75, 3.05) is 4.72 Å². The van der Waals surface area contributed by atoms with E-state index in [1.54, 1.807) is 0 Å². The number of aromatic nitrogens is 1. The van der Waals surface area contributed by atoms with Crippen molar-refractivity contribution < 1.29 is 13.2 Å². The lowest BCUT2D eigenvalue weighted by Crippen LogP contribution is -2.14. The summed E-state index contributed by atoms with van der Waals surface area (Å²) in [6, 6.07) is 8.48. The largest absolute Gasteiger partial charge is 0.366 e. The number of halogens is 1. The third-order valence-electron chi connectivity index (χ3n) is 2.43. The Bertz CT molecular complexity index is 728. The minimum absolute atomic E-state index is 0.0131. The van der Waals surface area contributed by atoms with Gasteiger partial charge in [0.05, 0.1) is 0 Å². The zero-order valence-electron chi connectivity index (χ0n) is 10.1. The average Bonchev–Trinajstić information content (AvgIpc) is 2.39. The quantitative estimate of drug-likeness (QED) is 0.838. The molecule has 0 atom stereocenters. The van der Waals surface area contributed by atoms with Gasteiger partial charge in [-0.25, -0.2) is 13.4 Å². The zero-order chi connectivity index (χ0) is 14.8. The number of amides is 1. The van der Waals surface area contributed by atoms with E-state index >= 15 is 0 Å². The highest BCUT2D eigenvalue weighted by Gasteiger charge is 2.14. The van der Waals surface area contributed by atoms with Crippen molar-refractivity contribution in [2.45, 2.75) is 4.90 Å². The minimum Gasteiger partial charge on any atom is -0.366 e. The van der Waals surface area contributed by atoms with E-state index in [1.807, 2.05) is 0 Å². The van der Waals surface area contributed by atoms with Gasteiger partial charge in [0, 0.05) is 17.4 Å². The average molecular weight is 312 g/mol. The molecular weight excluding hydrogens is 302 g/mol. The van der Waals surface area contributed by atoms with Crippen molar-refractivity contribution >= 4 is 33.2 Å². The Morgan fingerprint density at radius 2 is 1.80 bits per heavy atom. The molecule has 20 heavy (non-hydrogen) atoms. The van der Waals surface area contributed by atoms with Crippen LogP contribution in [0.5, 0.6) is 0 Å². The second-order valence-corrected chi connectivity index (χ2v) is 5.93. The number of nitrogens with two attached hydrogens (primary N) is 1. The molecule has 0 fully saturated rings. The van der Waals surface area contributed by atoms with Gasteiger partial charge in [-0.15, -0.1) is 0 Å². The fourth-order valence-corrected chi connectivity index (χ4v) is 2.55. The van der Waals surface area contributed by atoms with Crippen LogP contribution in [0.2, 0.25) is 5.15 Å². The molecule has 3 N–H and O–H groups in total. The summed E-state index contributed by atoms with van der Waals surface area (Å²) in [5.41, 5.74) is 5.70. The normalized spacial score (nSPS) is 11.1. The Morgan fingerprint density at radius 1 is 1.15 bits per heavy atom. The Hall–Kier alpha value is -2.12. The Labute approximate surface area is 120 Å². The molecule has 2 rings (SSSR count). The third-order valence-corrected chi connectivity index (χ3v) is 4.02. The van der Waals surface area contributed by atoms with Crippen LogP contribution in [-0.4, -0.2) is 19.3 Å². The number of primary amides is 1. The van der Waals surface area contributed by atoms with Crippen LogP contribution in [0.25, 0.3) is 0 Å². The second kappa shape index (κ2) is 5.48. The summed E-state index contributed by atoms with van der Waals surface area (Å²) in [4.78, 5) is 14.6. The molecular formula is C12H10ClN3O3S. The lowest BCUT2D eigenvalue weighted by molar-refractivity contribution is 0.100. The van der Waals surface area contributed by atoms with Gasteiger partial charge in [-0.3, -0.25) is 9.52 Å². The molecule has 8 heteroatoms. The van der Waals surface area contributed by atoms with E-state index in [4.69, 9.17) is 17.3 Å². The van der Waals surface area contributed by atoms with E-state index in [-0.39, 0.29) is 10.0 Å². The number of carbonyl (C=O) groups is 1. The van der Waals surface area contributed by atoms with Crippen molar-refractivity contribution in [2.24, 2.45) is 5.73 Å². The van der Waals surface area contributed by atoms with Crippen molar-refractivity contribution in [1.29, 1.82) is 0 Å². The molecule has 1 aromatic heterocycles. The zero-order valence-corrected chi connectivity index (χ0v) is 11.6. The first kappa shape index (κ1) is 14.3. The Balaban J connectivity index is 2.24. The molecule has 1 heterocycles. The van der Waals surface area contributed by atoms with Gasteiger partial charge in [-0.2, -0.15) is 0 Å². The second-order valence-electron chi connectivity index (χ2n) is 3.86. The highest BCUT2D eigenvalue weighted by atomic mass is 35.5. The molecule has 1 amide bonds. The van der Waals surface area contributed by atoms with Crippen LogP contribution in [0, 0.1) is 0 Å². The molecule has 6 nitrogen and oxygen atoms in total. The van der Waals surface area contributed by atoms with E-state index in [9.17, 15) is 13.2 Å². The van der Waals surface area contributed by atoms with Crippen LogP contribution in [-0.2, 0) is 10.0 Å². The SMILES string of the molecule is NC(=O)c1ccc(NS(=O)(=O)c2ccc(Cl)nc2)cc1. The molecule has 0 saturated heterocycles. The summed E-state index contributed by atoms with van der Waals surface area (Å²) in [7, 11) is -3.75. The van der Waals surface area contributed by atoms with E-state index in [2.05, 4.69) is 9.71 Å². The van der Waals surface area contributed by atoms with Crippen LogP contribution in [0.4, 0.5) is 5.69 Å². The van der Waals surface area contributed by atoms with Gasteiger partial charge >= 0.3 is 0 Å². The number of anilines is 1. The molecule has 0 aliphatic rings. The number of rotatable bonds is 4. The summed E-state index contributed by atoms with van der Waals surface area (Å²) < 4.78 is 26.4. The Morgan fingerprint density at radius 3 is 2.30 bits per heavy atom. The van der Waals surface area contributed by atoms with Crippen LogP contribution < -0.4 is 10.5 Å². The van der Waals surface area contributed by atoms with E-state index in [0.717, 1.165) is 6.20 Å². The van der Waals surface area contributed by atoms with Gasteiger partial charge in [-0.05, 0) is 36.4 Å². The molecule has 0 aliphatic carbocycles. The van der Waals surface area contributed by atoms with Crippen molar-refractivity contribution in [3.05, 3.63) is 53.3 Å². The van der Waals surface area contributed by atoms with E-state index in [0.29, 0.717) is 11.3 Å². The monoisotopic (exact) mass is 311 g/mol. The minimum atomic E-state index is -3.75. The molecule has 0 aliphatic heterocycles. The first-order chi connectivity index (χ1) is 9.38. The molecule has 0 radical (unpaired) electrons. The van der Waals surface area contributed by atoms with E-state index < -0.39 is 15.9 Å². The number of benzene rings is 1.